The summed E-state index contributed by atoms with van der Waals surface area (Å²) in [6, 6.07) is 22.8. The summed E-state index contributed by atoms with van der Waals surface area (Å²) in [5, 5.41) is 4.53. The Morgan fingerprint density at radius 1 is 0.900 bits per heavy atom. The van der Waals surface area contributed by atoms with Crippen LogP contribution in [0.4, 0.5) is 11.5 Å². The first-order valence-corrected chi connectivity index (χ1v) is 10.9. The predicted molar refractivity (Wildman–Crippen MR) is 125 cm³/mol. The largest absolute Gasteiger partial charge is 0.494 e. The van der Waals surface area contributed by atoms with Crippen LogP contribution in [-0.2, 0) is 0 Å². The van der Waals surface area contributed by atoms with Gasteiger partial charge < -0.3 is 10.1 Å². The monoisotopic (exact) mass is 415 g/mol. The zero-order chi connectivity index (χ0) is 20.9. The van der Waals surface area contributed by atoms with Gasteiger partial charge in [-0.25, -0.2) is 9.97 Å². The van der Waals surface area contributed by atoms with E-state index in [1.165, 1.54) is 5.56 Å². The van der Waals surface area contributed by atoms with Gasteiger partial charge in [-0.3, -0.25) is 0 Å². The summed E-state index contributed by atoms with van der Waals surface area (Å²) in [6.07, 6.45) is 1.01. The van der Waals surface area contributed by atoms with E-state index in [2.05, 4.69) is 66.6 Å². The van der Waals surface area contributed by atoms with Crippen molar-refractivity contribution in [3.63, 3.8) is 0 Å². The Kier molecular flexibility index (Phi) is 6.19. The molecule has 2 aromatic carbocycles. The van der Waals surface area contributed by atoms with E-state index in [0.29, 0.717) is 0 Å². The summed E-state index contributed by atoms with van der Waals surface area (Å²) >= 11 is 1.72. The minimum Gasteiger partial charge on any atom is -0.494 e. The van der Waals surface area contributed by atoms with Crippen molar-refractivity contribution in [2.75, 3.05) is 11.9 Å². The zero-order valence-electron chi connectivity index (χ0n) is 17.5. The smallest absolute Gasteiger partial charge is 0.161 e. The third-order valence-corrected chi connectivity index (χ3v) is 5.70. The maximum atomic E-state index is 5.69. The van der Waals surface area contributed by atoms with E-state index in [0.717, 1.165) is 56.8 Å². The minimum absolute atomic E-state index is 0.742. The van der Waals surface area contributed by atoms with Crippen LogP contribution in [0.1, 0.15) is 24.6 Å². The Balaban J connectivity index is 1.57. The topological polar surface area (TPSA) is 47.0 Å². The van der Waals surface area contributed by atoms with E-state index in [4.69, 9.17) is 9.72 Å². The Labute approximate surface area is 181 Å². The number of nitrogens with one attached hydrogen (secondary N) is 1. The van der Waals surface area contributed by atoms with Crippen LogP contribution >= 0.6 is 11.8 Å². The van der Waals surface area contributed by atoms with E-state index in [1.54, 1.807) is 11.8 Å². The fraction of sp³-hybridized carbons (Fsp3) is 0.200. The van der Waals surface area contributed by atoms with Crippen LogP contribution in [0.2, 0.25) is 0 Å². The van der Waals surface area contributed by atoms with Crippen LogP contribution < -0.4 is 10.1 Å². The SMILES string of the molecule is CCCOc1ccc(Sc2ccc(C)cc2Nc2ccc3ccc(C)nc3n2)cc1. The van der Waals surface area contributed by atoms with Crippen LogP contribution in [0.3, 0.4) is 0 Å². The Bertz CT molecular complexity index is 1160. The van der Waals surface area contributed by atoms with Crippen molar-refractivity contribution in [3.05, 3.63) is 78.0 Å². The second kappa shape index (κ2) is 9.18. The number of hydrogen-bond donors (Lipinski definition) is 1. The molecule has 0 saturated heterocycles. The number of fused-ring (bicyclic) bond motifs is 1. The number of aromatic nitrogens is 2. The number of anilines is 2. The predicted octanol–water partition coefficient (Wildman–Crippen LogP) is 6.93. The van der Waals surface area contributed by atoms with Gasteiger partial charge in [0.25, 0.3) is 0 Å². The van der Waals surface area contributed by atoms with Gasteiger partial charge in [-0.05, 0) is 86.5 Å². The van der Waals surface area contributed by atoms with Gasteiger partial charge in [0.15, 0.2) is 5.65 Å². The molecular formula is C25H25N3OS. The van der Waals surface area contributed by atoms with E-state index in [-0.39, 0.29) is 0 Å². The van der Waals surface area contributed by atoms with Crippen molar-refractivity contribution in [2.24, 2.45) is 0 Å². The van der Waals surface area contributed by atoms with E-state index >= 15 is 0 Å². The molecular weight excluding hydrogens is 390 g/mol. The summed E-state index contributed by atoms with van der Waals surface area (Å²) < 4.78 is 5.69. The maximum Gasteiger partial charge on any atom is 0.161 e. The molecule has 2 heterocycles. The molecule has 152 valence electrons. The van der Waals surface area contributed by atoms with Gasteiger partial charge >= 0.3 is 0 Å². The first-order chi connectivity index (χ1) is 14.6. The Morgan fingerprint density at radius 2 is 1.70 bits per heavy atom. The molecule has 0 saturated carbocycles. The van der Waals surface area contributed by atoms with Crippen LogP contribution in [-0.4, -0.2) is 16.6 Å². The van der Waals surface area contributed by atoms with Gasteiger partial charge in [-0.1, -0.05) is 24.8 Å². The van der Waals surface area contributed by atoms with Gasteiger partial charge in [-0.15, -0.1) is 0 Å². The highest BCUT2D eigenvalue weighted by atomic mass is 32.2. The lowest BCUT2D eigenvalue weighted by Gasteiger charge is -2.13. The molecule has 0 unspecified atom stereocenters. The van der Waals surface area contributed by atoms with Gasteiger partial charge in [0.2, 0.25) is 0 Å². The normalized spacial score (nSPS) is 10.9. The van der Waals surface area contributed by atoms with Crippen molar-refractivity contribution >= 4 is 34.3 Å². The molecule has 0 atom stereocenters. The number of pyridine rings is 2. The molecule has 5 heteroatoms. The van der Waals surface area contributed by atoms with Crippen molar-refractivity contribution in [1.82, 2.24) is 9.97 Å². The second-order valence-electron chi connectivity index (χ2n) is 7.24. The van der Waals surface area contributed by atoms with E-state index in [9.17, 15) is 0 Å². The third kappa shape index (κ3) is 4.92. The first-order valence-electron chi connectivity index (χ1n) is 10.1. The fourth-order valence-corrected chi connectivity index (χ4v) is 3.96. The molecule has 2 aromatic heterocycles. The summed E-state index contributed by atoms with van der Waals surface area (Å²) in [5.74, 6) is 1.70. The molecule has 4 aromatic rings. The fourth-order valence-electron chi connectivity index (χ4n) is 3.08. The van der Waals surface area contributed by atoms with Crippen molar-refractivity contribution in [1.29, 1.82) is 0 Å². The molecule has 30 heavy (non-hydrogen) atoms. The first kappa shape index (κ1) is 20.2. The van der Waals surface area contributed by atoms with Gasteiger partial charge in [0.05, 0.1) is 12.3 Å². The van der Waals surface area contributed by atoms with Crippen molar-refractivity contribution in [2.45, 2.75) is 37.0 Å². The number of hydrogen-bond acceptors (Lipinski definition) is 5. The van der Waals surface area contributed by atoms with Gasteiger partial charge in [0, 0.05) is 20.9 Å². The van der Waals surface area contributed by atoms with Gasteiger partial charge in [0.1, 0.15) is 11.6 Å². The minimum atomic E-state index is 0.742. The average Bonchev–Trinajstić information content (AvgIpc) is 2.75. The molecule has 0 bridgehead atoms. The van der Waals surface area contributed by atoms with Crippen LogP contribution in [0.5, 0.6) is 5.75 Å². The average molecular weight is 416 g/mol. The van der Waals surface area contributed by atoms with Crippen LogP contribution in [0, 0.1) is 13.8 Å². The van der Waals surface area contributed by atoms with Gasteiger partial charge in [-0.2, -0.15) is 0 Å². The molecule has 0 aliphatic carbocycles. The lowest BCUT2D eigenvalue weighted by atomic mass is 10.2. The molecule has 4 nitrogen and oxygen atoms in total. The highest BCUT2D eigenvalue weighted by Crippen LogP contribution is 2.36. The number of aryl methyl sites for hydroxylation is 2. The molecule has 0 spiro atoms. The Hall–Kier alpha value is -3.05. The number of benzene rings is 2. The lowest BCUT2D eigenvalue weighted by Crippen LogP contribution is -1.97. The standard InChI is InChI=1S/C25H25N3OS/c1-4-15-29-20-9-11-21(12-10-20)30-23-13-5-17(2)16-22(23)27-24-14-8-19-7-6-18(3)26-25(19)28-24/h5-14,16H,4,15H2,1-3H3,(H,26,27,28). The summed E-state index contributed by atoms with van der Waals surface area (Å²) in [7, 11) is 0. The highest BCUT2D eigenvalue weighted by Gasteiger charge is 2.08. The van der Waals surface area contributed by atoms with Crippen molar-refractivity contribution in [3.8, 4) is 5.75 Å². The number of nitrogens with zero attached hydrogens (tertiary/aromatic N) is 2. The van der Waals surface area contributed by atoms with E-state index in [1.807, 2.05) is 31.2 Å². The molecule has 0 aliphatic rings. The number of rotatable bonds is 7. The molecule has 0 aliphatic heterocycles. The van der Waals surface area contributed by atoms with Crippen LogP contribution in [0.15, 0.2) is 76.5 Å². The van der Waals surface area contributed by atoms with E-state index < -0.39 is 0 Å². The number of ether oxygens (including phenoxy) is 1. The molecule has 4 rings (SSSR count). The molecule has 0 fully saturated rings. The Morgan fingerprint density at radius 3 is 2.50 bits per heavy atom. The quantitative estimate of drug-likeness (QED) is 0.354. The lowest BCUT2D eigenvalue weighted by molar-refractivity contribution is 0.317. The summed E-state index contributed by atoms with van der Waals surface area (Å²) in [6.45, 7) is 6.93. The molecule has 1 N–H and O–H groups in total. The maximum absolute atomic E-state index is 5.69. The molecule has 0 radical (unpaired) electrons. The third-order valence-electron chi connectivity index (χ3n) is 4.61. The zero-order valence-corrected chi connectivity index (χ0v) is 18.3. The summed E-state index contributed by atoms with van der Waals surface area (Å²) in [4.78, 5) is 11.6. The molecule has 0 amide bonds. The second-order valence-corrected chi connectivity index (χ2v) is 8.36. The highest BCUT2D eigenvalue weighted by molar-refractivity contribution is 7.99. The van der Waals surface area contributed by atoms with Crippen LogP contribution in [0.25, 0.3) is 11.0 Å². The van der Waals surface area contributed by atoms with Crippen molar-refractivity contribution < 1.29 is 4.74 Å². The summed E-state index contributed by atoms with van der Waals surface area (Å²) in [5.41, 5.74) is 3.94.